The van der Waals surface area contributed by atoms with Gasteiger partial charge in [0.15, 0.2) is 0 Å². The highest BCUT2D eigenvalue weighted by molar-refractivity contribution is 9.10. The van der Waals surface area contributed by atoms with Gasteiger partial charge in [-0.3, -0.25) is 0 Å². The highest BCUT2D eigenvalue weighted by Crippen LogP contribution is 2.18. The van der Waals surface area contributed by atoms with Crippen molar-refractivity contribution in [2.45, 2.75) is 6.92 Å². The lowest BCUT2D eigenvalue weighted by Crippen LogP contribution is -1.88. The Hall–Kier alpha value is -0.890. The van der Waals surface area contributed by atoms with Gasteiger partial charge in [0.25, 0.3) is 0 Å². The maximum Gasteiger partial charge on any atom is 0.107 e. The standard InChI is InChI=1S/C12H12BrF/c1-3-9(2)12(14)8-10-4-6-11(13)7-5-10/h3-9H,1H2,2H3/b12-8-/t9-/m0/s1. The number of hydrogen-bond donors (Lipinski definition) is 0. The molecule has 0 amide bonds. The van der Waals surface area contributed by atoms with Crippen molar-refractivity contribution in [3.8, 4) is 0 Å². The van der Waals surface area contributed by atoms with Crippen molar-refractivity contribution in [2.75, 3.05) is 0 Å². The normalized spacial score (nSPS) is 13.8. The minimum Gasteiger partial charge on any atom is -0.211 e. The average Bonchev–Trinajstić information content (AvgIpc) is 2.20. The molecule has 0 fully saturated rings. The number of rotatable bonds is 3. The molecule has 0 unspecified atom stereocenters. The molecule has 0 N–H and O–H groups in total. The molecule has 0 aliphatic rings. The lowest BCUT2D eigenvalue weighted by Gasteiger charge is -2.01. The van der Waals surface area contributed by atoms with Crippen molar-refractivity contribution >= 4 is 22.0 Å². The third-order valence-corrected chi connectivity index (χ3v) is 2.49. The van der Waals surface area contributed by atoms with Gasteiger partial charge in [0.05, 0.1) is 0 Å². The van der Waals surface area contributed by atoms with Crippen LogP contribution in [0.3, 0.4) is 0 Å². The van der Waals surface area contributed by atoms with E-state index in [0.29, 0.717) is 0 Å². The van der Waals surface area contributed by atoms with E-state index in [4.69, 9.17) is 0 Å². The quantitative estimate of drug-likeness (QED) is 0.693. The molecule has 0 bridgehead atoms. The molecular weight excluding hydrogens is 243 g/mol. The molecule has 0 radical (unpaired) electrons. The van der Waals surface area contributed by atoms with Gasteiger partial charge in [0.1, 0.15) is 5.83 Å². The van der Waals surface area contributed by atoms with Crippen LogP contribution in [0.5, 0.6) is 0 Å². The minimum atomic E-state index is -0.223. The number of hydrogen-bond acceptors (Lipinski definition) is 0. The summed E-state index contributed by atoms with van der Waals surface area (Å²) in [6.45, 7) is 5.32. The molecule has 74 valence electrons. The Labute approximate surface area is 92.3 Å². The summed E-state index contributed by atoms with van der Waals surface area (Å²) in [7, 11) is 0. The van der Waals surface area contributed by atoms with Gasteiger partial charge in [-0.15, -0.1) is 6.58 Å². The highest BCUT2D eigenvalue weighted by Gasteiger charge is 2.02. The van der Waals surface area contributed by atoms with Gasteiger partial charge in [-0.05, 0) is 23.8 Å². The van der Waals surface area contributed by atoms with E-state index < -0.39 is 0 Å². The second-order valence-electron chi connectivity index (χ2n) is 3.11. The summed E-state index contributed by atoms with van der Waals surface area (Å²) < 4.78 is 14.4. The number of benzene rings is 1. The van der Waals surface area contributed by atoms with Crippen LogP contribution in [0.4, 0.5) is 4.39 Å². The third kappa shape index (κ3) is 3.11. The number of allylic oxidation sites excluding steroid dienone is 2. The van der Waals surface area contributed by atoms with Crippen molar-refractivity contribution in [3.63, 3.8) is 0 Å². The summed E-state index contributed by atoms with van der Waals surface area (Å²) in [6, 6.07) is 7.49. The zero-order valence-corrected chi connectivity index (χ0v) is 9.59. The Bertz CT molecular complexity index is 338. The van der Waals surface area contributed by atoms with Crippen LogP contribution in [0.1, 0.15) is 12.5 Å². The molecule has 0 heterocycles. The first kappa shape index (κ1) is 11.2. The molecule has 1 rings (SSSR count). The fourth-order valence-corrected chi connectivity index (χ4v) is 1.23. The fourth-order valence-electron chi connectivity index (χ4n) is 0.962. The zero-order chi connectivity index (χ0) is 10.6. The molecule has 2 heteroatoms. The van der Waals surface area contributed by atoms with Crippen LogP contribution in [0.2, 0.25) is 0 Å². The summed E-state index contributed by atoms with van der Waals surface area (Å²) in [5, 5.41) is 0. The maximum atomic E-state index is 13.4. The van der Waals surface area contributed by atoms with Crippen LogP contribution >= 0.6 is 15.9 Å². The Kier molecular flexibility index (Phi) is 4.08. The Morgan fingerprint density at radius 3 is 2.50 bits per heavy atom. The summed E-state index contributed by atoms with van der Waals surface area (Å²) in [5.74, 6) is -0.388. The average molecular weight is 255 g/mol. The minimum absolute atomic E-state index is 0.165. The van der Waals surface area contributed by atoms with Crippen LogP contribution < -0.4 is 0 Å². The predicted molar refractivity (Wildman–Crippen MR) is 62.6 cm³/mol. The SMILES string of the molecule is C=C[C@H](C)/C(F)=C/c1ccc(Br)cc1. The van der Waals surface area contributed by atoms with Gasteiger partial charge in [-0.1, -0.05) is 41.1 Å². The van der Waals surface area contributed by atoms with Crippen molar-refractivity contribution in [3.05, 3.63) is 52.8 Å². The molecule has 0 saturated carbocycles. The van der Waals surface area contributed by atoms with E-state index in [1.54, 1.807) is 13.0 Å². The summed E-state index contributed by atoms with van der Waals surface area (Å²) >= 11 is 3.32. The van der Waals surface area contributed by atoms with Crippen LogP contribution in [0, 0.1) is 5.92 Å². The van der Waals surface area contributed by atoms with E-state index in [2.05, 4.69) is 22.5 Å². The molecular formula is C12H12BrF. The van der Waals surface area contributed by atoms with E-state index in [1.165, 1.54) is 6.08 Å². The fraction of sp³-hybridized carbons (Fsp3) is 0.167. The Morgan fingerprint density at radius 1 is 1.43 bits per heavy atom. The monoisotopic (exact) mass is 254 g/mol. The van der Waals surface area contributed by atoms with Crippen LogP contribution in [-0.2, 0) is 0 Å². The van der Waals surface area contributed by atoms with Crippen LogP contribution in [0.15, 0.2) is 47.2 Å². The van der Waals surface area contributed by atoms with E-state index in [0.717, 1.165) is 10.0 Å². The van der Waals surface area contributed by atoms with E-state index in [1.807, 2.05) is 24.3 Å². The molecule has 0 aromatic heterocycles. The topological polar surface area (TPSA) is 0 Å². The molecule has 1 atom stereocenters. The van der Waals surface area contributed by atoms with Gasteiger partial charge < -0.3 is 0 Å². The largest absolute Gasteiger partial charge is 0.211 e. The first-order chi connectivity index (χ1) is 6.63. The van der Waals surface area contributed by atoms with Crippen molar-refractivity contribution in [1.82, 2.24) is 0 Å². The summed E-state index contributed by atoms with van der Waals surface area (Å²) in [4.78, 5) is 0. The van der Waals surface area contributed by atoms with Crippen molar-refractivity contribution in [2.24, 2.45) is 5.92 Å². The Balaban J connectivity index is 2.86. The van der Waals surface area contributed by atoms with E-state index in [9.17, 15) is 4.39 Å². The van der Waals surface area contributed by atoms with Crippen LogP contribution in [0.25, 0.3) is 6.08 Å². The molecule has 0 spiro atoms. The van der Waals surface area contributed by atoms with Crippen molar-refractivity contribution < 1.29 is 4.39 Å². The first-order valence-electron chi connectivity index (χ1n) is 4.38. The Morgan fingerprint density at radius 2 is 2.00 bits per heavy atom. The highest BCUT2D eigenvalue weighted by atomic mass is 79.9. The zero-order valence-electron chi connectivity index (χ0n) is 8.00. The van der Waals surface area contributed by atoms with Gasteiger partial charge >= 0.3 is 0 Å². The lowest BCUT2D eigenvalue weighted by molar-refractivity contribution is 0.557. The first-order valence-corrected chi connectivity index (χ1v) is 5.18. The molecule has 0 saturated heterocycles. The smallest absolute Gasteiger partial charge is 0.107 e. The van der Waals surface area contributed by atoms with Gasteiger partial charge in [0, 0.05) is 10.4 Å². The van der Waals surface area contributed by atoms with E-state index in [-0.39, 0.29) is 11.7 Å². The second kappa shape index (κ2) is 5.11. The second-order valence-corrected chi connectivity index (χ2v) is 4.02. The molecule has 0 aliphatic carbocycles. The third-order valence-electron chi connectivity index (χ3n) is 1.96. The van der Waals surface area contributed by atoms with Crippen molar-refractivity contribution in [1.29, 1.82) is 0 Å². The molecule has 1 aromatic rings. The van der Waals surface area contributed by atoms with Gasteiger partial charge in [-0.25, -0.2) is 4.39 Å². The summed E-state index contributed by atoms with van der Waals surface area (Å²) in [5.41, 5.74) is 0.861. The summed E-state index contributed by atoms with van der Waals surface area (Å²) in [6.07, 6.45) is 3.11. The maximum absolute atomic E-state index is 13.4. The molecule has 0 nitrogen and oxygen atoms in total. The molecule has 1 aromatic carbocycles. The predicted octanol–water partition coefficient (Wildman–Crippen LogP) is 4.58. The molecule has 14 heavy (non-hydrogen) atoms. The lowest BCUT2D eigenvalue weighted by atomic mass is 10.1. The van der Waals surface area contributed by atoms with Gasteiger partial charge in [-0.2, -0.15) is 0 Å². The van der Waals surface area contributed by atoms with Gasteiger partial charge in [0.2, 0.25) is 0 Å². The molecule has 0 aliphatic heterocycles. The number of halogens is 2. The van der Waals surface area contributed by atoms with E-state index >= 15 is 0 Å². The van der Waals surface area contributed by atoms with Crippen LogP contribution in [-0.4, -0.2) is 0 Å².